The van der Waals surface area contributed by atoms with Crippen LogP contribution in [0.2, 0.25) is 0 Å². The maximum Gasteiger partial charge on any atom is 0.224 e. The van der Waals surface area contributed by atoms with E-state index in [1.165, 1.54) is 5.56 Å². The number of aliphatic hydroxyl groups is 1. The van der Waals surface area contributed by atoms with Crippen molar-refractivity contribution < 1.29 is 14.6 Å². The molecule has 0 aromatic heterocycles. The van der Waals surface area contributed by atoms with Crippen LogP contribution in [0.3, 0.4) is 0 Å². The minimum atomic E-state index is -0.981. The molecule has 0 radical (unpaired) electrons. The lowest BCUT2D eigenvalue weighted by Crippen LogP contribution is -2.43. The Hall–Kier alpha value is -2.33. The molecule has 1 aliphatic rings. The molecular weight excluding hydrogens is 302 g/mol. The summed E-state index contributed by atoms with van der Waals surface area (Å²) in [7, 11) is 1.60. The Bertz CT molecular complexity index is 728. The lowest BCUT2D eigenvalue weighted by atomic mass is 9.79. The van der Waals surface area contributed by atoms with Crippen LogP contribution in [0.5, 0.6) is 5.75 Å². The number of methoxy groups -OCH3 is 1. The van der Waals surface area contributed by atoms with Gasteiger partial charge in [-0.3, -0.25) is 4.79 Å². The van der Waals surface area contributed by atoms with Crippen molar-refractivity contribution >= 4 is 5.91 Å². The van der Waals surface area contributed by atoms with Gasteiger partial charge in [0.25, 0.3) is 0 Å². The summed E-state index contributed by atoms with van der Waals surface area (Å²) < 4.78 is 5.28. The summed E-state index contributed by atoms with van der Waals surface area (Å²) in [4.78, 5) is 12.3. The van der Waals surface area contributed by atoms with E-state index in [1.54, 1.807) is 7.11 Å². The number of nitrogens with one attached hydrogen (secondary N) is 1. The predicted molar refractivity (Wildman–Crippen MR) is 93.0 cm³/mol. The molecule has 0 aliphatic heterocycles. The van der Waals surface area contributed by atoms with Crippen molar-refractivity contribution in [3.05, 3.63) is 65.2 Å². The lowest BCUT2D eigenvalue weighted by Gasteiger charge is -2.34. The standard InChI is InChI=1S/C20H23NO3/c1-24-18-11-5-3-8-16(18)13-19(22)21-14-20(23)12-6-9-15-7-2-4-10-17(15)20/h2-5,7-8,10-11,23H,6,9,12-14H2,1H3,(H,21,22). The van der Waals surface area contributed by atoms with Gasteiger partial charge in [0, 0.05) is 5.56 Å². The molecule has 3 rings (SSSR count). The monoisotopic (exact) mass is 325 g/mol. The number of hydrogen-bond donors (Lipinski definition) is 2. The van der Waals surface area contributed by atoms with Crippen molar-refractivity contribution in [3.63, 3.8) is 0 Å². The molecule has 1 amide bonds. The van der Waals surface area contributed by atoms with Gasteiger partial charge in [-0.05, 0) is 36.5 Å². The number of hydrogen-bond acceptors (Lipinski definition) is 3. The van der Waals surface area contributed by atoms with E-state index in [2.05, 4.69) is 11.4 Å². The van der Waals surface area contributed by atoms with E-state index in [0.717, 1.165) is 24.0 Å². The summed E-state index contributed by atoms with van der Waals surface area (Å²) >= 11 is 0. The Kier molecular flexibility index (Phi) is 4.86. The Morgan fingerprint density at radius 2 is 1.96 bits per heavy atom. The van der Waals surface area contributed by atoms with Crippen LogP contribution in [0.1, 0.15) is 29.5 Å². The average molecular weight is 325 g/mol. The van der Waals surface area contributed by atoms with Gasteiger partial charge in [0.05, 0.1) is 20.1 Å². The molecule has 2 N–H and O–H groups in total. The van der Waals surface area contributed by atoms with Gasteiger partial charge in [-0.15, -0.1) is 0 Å². The minimum Gasteiger partial charge on any atom is -0.496 e. The highest BCUT2D eigenvalue weighted by molar-refractivity contribution is 5.79. The first-order valence-corrected chi connectivity index (χ1v) is 8.32. The molecule has 2 aromatic carbocycles. The number of para-hydroxylation sites is 1. The number of carbonyl (C=O) groups excluding carboxylic acids is 1. The second-order valence-corrected chi connectivity index (χ2v) is 6.31. The van der Waals surface area contributed by atoms with Crippen LogP contribution in [-0.2, 0) is 23.2 Å². The summed E-state index contributed by atoms with van der Waals surface area (Å²) in [5.41, 5.74) is 1.97. The van der Waals surface area contributed by atoms with Gasteiger partial charge in [-0.1, -0.05) is 42.5 Å². The van der Waals surface area contributed by atoms with Gasteiger partial charge in [0.15, 0.2) is 0 Å². The van der Waals surface area contributed by atoms with Gasteiger partial charge >= 0.3 is 0 Å². The average Bonchev–Trinajstić information content (AvgIpc) is 2.61. The number of aryl methyl sites for hydroxylation is 1. The summed E-state index contributed by atoms with van der Waals surface area (Å²) in [6, 6.07) is 15.4. The van der Waals surface area contributed by atoms with Crippen LogP contribution < -0.4 is 10.1 Å². The number of amides is 1. The Morgan fingerprint density at radius 3 is 2.79 bits per heavy atom. The molecule has 0 spiro atoms. The van der Waals surface area contributed by atoms with Crippen molar-refractivity contribution in [1.82, 2.24) is 5.32 Å². The number of ether oxygens (including phenoxy) is 1. The van der Waals surface area contributed by atoms with Crippen molar-refractivity contribution in [2.24, 2.45) is 0 Å². The minimum absolute atomic E-state index is 0.115. The third-order valence-electron chi connectivity index (χ3n) is 4.68. The van der Waals surface area contributed by atoms with E-state index in [0.29, 0.717) is 12.2 Å². The second-order valence-electron chi connectivity index (χ2n) is 6.31. The van der Waals surface area contributed by atoms with Crippen molar-refractivity contribution in [2.75, 3.05) is 13.7 Å². The zero-order chi connectivity index (χ0) is 17.0. The summed E-state index contributed by atoms with van der Waals surface area (Å²) in [6.07, 6.45) is 2.81. The molecule has 126 valence electrons. The van der Waals surface area contributed by atoms with Crippen LogP contribution in [0, 0.1) is 0 Å². The first-order chi connectivity index (χ1) is 11.6. The molecule has 4 heteroatoms. The highest BCUT2D eigenvalue weighted by Crippen LogP contribution is 2.34. The Morgan fingerprint density at radius 1 is 1.21 bits per heavy atom. The van der Waals surface area contributed by atoms with Crippen LogP contribution in [0.15, 0.2) is 48.5 Å². The van der Waals surface area contributed by atoms with E-state index in [4.69, 9.17) is 4.74 Å². The topological polar surface area (TPSA) is 58.6 Å². The highest BCUT2D eigenvalue weighted by atomic mass is 16.5. The first-order valence-electron chi connectivity index (χ1n) is 8.32. The van der Waals surface area contributed by atoms with Crippen LogP contribution in [-0.4, -0.2) is 24.7 Å². The molecule has 0 heterocycles. The molecule has 0 saturated carbocycles. The van der Waals surface area contributed by atoms with Crippen molar-refractivity contribution in [3.8, 4) is 5.75 Å². The van der Waals surface area contributed by atoms with E-state index < -0.39 is 5.60 Å². The van der Waals surface area contributed by atoms with E-state index in [1.807, 2.05) is 42.5 Å². The zero-order valence-electron chi connectivity index (χ0n) is 13.9. The molecular formula is C20H23NO3. The van der Waals surface area contributed by atoms with Gasteiger partial charge in [-0.2, -0.15) is 0 Å². The number of fused-ring (bicyclic) bond motifs is 1. The molecule has 1 atom stereocenters. The molecule has 1 unspecified atom stereocenters. The second kappa shape index (κ2) is 7.05. The molecule has 24 heavy (non-hydrogen) atoms. The molecule has 0 bridgehead atoms. The van der Waals surface area contributed by atoms with Gasteiger partial charge < -0.3 is 15.2 Å². The summed E-state index contributed by atoms with van der Waals surface area (Å²) in [5.74, 6) is 0.588. The fraction of sp³-hybridized carbons (Fsp3) is 0.350. The molecule has 1 aliphatic carbocycles. The maximum atomic E-state index is 12.3. The highest BCUT2D eigenvalue weighted by Gasteiger charge is 2.34. The largest absolute Gasteiger partial charge is 0.496 e. The zero-order valence-corrected chi connectivity index (χ0v) is 13.9. The Labute approximate surface area is 142 Å². The van der Waals surface area contributed by atoms with Crippen LogP contribution >= 0.6 is 0 Å². The first kappa shape index (κ1) is 16.5. The lowest BCUT2D eigenvalue weighted by molar-refractivity contribution is -0.122. The van der Waals surface area contributed by atoms with E-state index in [-0.39, 0.29) is 18.9 Å². The fourth-order valence-corrected chi connectivity index (χ4v) is 3.41. The molecule has 0 saturated heterocycles. The smallest absolute Gasteiger partial charge is 0.224 e. The van der Waals surface area contributed by atoms with Crippen molar-refractivity contribution in [1.29, 1.82) is 0 Å². The number of carbonyl (C=O) groups is 1. The van der Waals surface area contributed by atoms with Crippen LogP contribution in [0.4, 0.5) is 0 Å². The van der Waals surface area contributed by atoms with Crippen LogP contribution in [0.25, 0.3) is 0 Å². The van der Waals surface area contributed by atoms with Gasteiger partial charge in [0.2, 0.25) is 5.91 Å². The third kappa shape index (κ3) is 3.44. The normalized spacial score (nSPS) is 19.4. The third-order valence-corrected chi connectivity index (χ3v) is 4.68. The Balaban J connectivity index is 1.66. The van der Waals surface area contributed by atoms with Gasteiger partial charge in [-0.25, -0.2) is 0 Å². The summed E-state index contributed by atoms with van der Waals surface area (Å²) in [6.45, 7) is 0.234. The fourth-order valence-electron chi connectivity index (χ4n) is 3.41. The quantitative estimate of drug-likeness (QED) is 0.888. The summed E-state index contributed by atoms with van der Waals surface area (Å²) in [5, 5.41) is 13.9. The molecule has 2 aromatic rings. The maximum absolute atomic E-state index is 12.3. The molecule has 4 nitrogen and oxygen atoms in total. The molecule has 0 fully saturated rings. The SMILES string of the molecule is COc1ccccc1CC(=O)NCC1(O)CCCc2ccccc21. The van der Waals surface area contributed by atoms with E-state index in [9.17, 15) is 9.90 Å². The number of benzene rings is 2. The predicted octanol–water partition coefficient (Wildman–Crippen LogP) is 2.58. The van der Waals surface area contributed by atoms with Gasteiger partial charge in [0.1, 0.15) is 11.4 Å². The number of rotatable bonds is 5. The van der Waals surface area contributed by atoms with E-state index >= 15 is 0 Å². The van der Waals surface area contributed by atoms with Crippen molar-refractivity contribution in [2.45, 2.75) is 31.3 Å².